The van der Waals surface area contributed by atoms with Gasteiger partial charge in [0, 0.05) is 50.3 Å². The van der Waals surface area contributed by atoms with Crippen LogP contribution in [0.5, 0.6) is 0 Å². The molecule has 0 fully saturated rings. The highest BCUT2D eigenvalue weighted by atomic mass is 33.1. The van der Waals surface area contributed by atoms with Crippen molar-refractivity contribution >= 4 is 89.0 Å². The molecular weight excluding hydrogens is 1060 g/mol. The van der Waals surface area contributed by atoms with Gasteiger partial charge in [-0.15, -0.1) is 0 Å². The molecule has 20 nitrogen and oxygen atoms in total. The molecule has 4 rings (SSSR count). The van der Waals surface area contributed by atoms with E-state index >= 15 is 0 Å². The van der Waals surface area contributed by atoms with Gasteiger partial charge in [0.15, 0.2) is 0 Å². The summed E-state index contributed by atoms with van der Waals surface area (Å²) in [5, 5.41) is 5.63. The van der Waals surface area contributed by atoms with E-state index in [4.69, 9.17) is 18.9 Å². The third-order valence-corrected chi connectivity index (χ3v) is 18.2. The first kappa shape index (κ1) is 63.7. The maximum atomic E-state index is 12.6. The van der Waals surface area contributed by atoms with Crippen LogP contribution in [0.15, 0.2) is 58.3 Å². The summed E-state index contributed by atoms with van der Waals surface area (Å²) >= 11 is 0. The molecule has 2 heterocycles. The number of nitrogens with one attached hydrogen (secondary N) is 2. The van der Waals surface area contributed by atoms with E-state index in [2.05, 4.69) is 10.6 Å². The summed E-state index contributed by atoms with van der Waals surface area (Å²) in [6.45, 7) is 1.15. The first-order chi connectivity index (χ1) is 36.7. The molecule has 0 atom stereocenters. The molecule has 2 aliphatic rings. The van der Waals surface area contributed by atoms with Gasteiger partial charge in [-0.25, -0.2) is 16.8 Å². The van der Waals surface area contributed by atoms with Gasteiger partial charge in [0.1, 0.15) is 23.0 Å². The molecular formula is C52H74N4O16S4. The summed E-state index contributed by atoms with van der Waals surface area (Å²) in [4.78, 5) is 97.7. The number of carbonyl (C=O) groups is 8. The molecule has 24 heteroatoms. The molecule has 76 heavy (non-hydrogen) atoms. The zero-order chi connectivity index (χ0) is 55.0. The van der Waals surface area contributed by atoms with Crippen LogP contribution in [-0.4, -0.2) is 137 Å². The van der Waals surface area contributed by atoms with Gasteiger partial charge < -0.3 is 29.6 Å². The summed E-state index contributed by atoms with van der Waals surface area (Å²) in [6, 6.07) is 11.1. The second-order valence-corrected chi connectivity index (χ2v) is 24.3. The lowest BCUT2D eigenvalue weighted by Crippen LogP contribution is -2.36. The van der Waals surface area contributed by atoms with E-state index in [9.17, 15) is 55.2 Å². The molecule has 0 spiro atoms. The number of benzene rings is 2. The normalized spacial score (nSPS) is 14.1. The lowest BCUT2D eigenvalue weighted by Gasteiger charge is -2.13. The van der Waals surface area contributed by atoms with Crippen molar-refractivity contribution in [3.63, 3.8) is 0 Å². The number of fused-ring (bicyclic) bond motifs is 2. The van der Waals surface area contributed by atoms with Gasteiger partial charge in [-0.1, -0.05) is 123 Å². The van der Waals surface area contributed by atoms with Gasteiger partial charge in [0.2, 0.25) is 23.6 Å². The molecule has 0 unspecified atom stereocenters. The van der Waals surface area contributed by atoms with Crippen LogP contribution in [0.3, 0.4) is 0 Å². The van der Waals surface area contributed by atoms with E-state index in [-0.39, 0.29) is 81.0 Å². The summed E-state index contributed by atoms with van der Waals surface area (Å²) in [7, 11) is -4.64. The van der Waals surface area contributed by atoms with Crippen LogP contribution in [0.25, 0.3) is 0 Å². The average Bonchev–Trinajstić information content (AvgIpc) is 3.80. The van der Waals surface area contributed by atoms with Gasteiger partial charge in [0.25, 0.3) is 31.9 Å². The molecule has 6 amide bonds. The highest BCUT2D eigenvalue weighted by Gasteiger charge is 2.46. The number of esters is 2. The number of ether oxygens (including phenoxy) is 4. The number of unbranched alkanes of at least 4 members (excludes halogenated alkanes) is 14. The molecule has 2 aromatic rings. The number of rotatable bonds is 41. The van der Waals surface area contributed by atoms with Crippen molar-refractivity contribution < 1.29 is 74.1 Å². The van der Waals surface area contributed by atoms with E-state index in [0.717, 1.165) is 38.5 Å². The molecule has 0 aromatic heterocycles. The Morgan fingerprint density at radius 3 is 1.13 bits per heavy atom. The number of nitrogens with zero attached hydrogens (tertiary/aromatic N) is 2. The Hall–Kier alpha value is -4.88. The van der Waals surface area contributed by atoms with Gasteiger partial charge in [0.05, 0.1) is 50.4 Å². The second-order valence-electron chi connectivity index (χ2n) is 18.1. The fourth-order valence-corrected chi connectivity index (χ4v) is 13.5. The van der Waals surface area contributed by atoms with E-state index in [1.165, 1.54) is 124 Å². The van der Waals surface area contributed by atoms with Crippen LogP contribution >= 0.6 is 21.6 Å². The molecule has 2 N–H and O–H groups in total. The minimum absolute atomic E-state index is 0.0335. The van der Waals surface area contributed by atoms with E-state index in [1.54, 1.807) is 0 Å². The fraction of sp³-hybridized carbons (Fsp3) is 0.615. The van der Waals surface area contributed by atoms with Crippen LogP contribution in [0, 0.1) is 0 Å². The maximum Gasteiger partial charge on any atom is 0.306 e. The predicted molar refractivity (Wildman–Crippen MR) is 286 cm³/mol. The Morgan fingerprint density at radius 1 is 0.421 bits per heavy atom. The maximum absolute atomic E-state index is 12.6. The van der Waals surface area contributed by atoms with Crippen molar-refractivity contribution in [2.45, 2.75) is 151 Å². The number of sulfonamides is 2. The van der Waals surface area contributed by atoms with Gasteiger partial charge in [-0.2, -0.15) is 8.61 Å². The van der Waals surface area contributed by atoms with Gasteiger partial charge in [-0.05, 0) is 49.9 Å². The summed E-state index contributed by atoms with van der Waals surface area (Å²) in [5.74, 6) is -3.05. The molecule has 0 saturated heterocycles. The standard InChI is InChI=1S/C52H74N4O16S4/c57-45(53-31-33-69-35-37-71-49(61)29-27-47(59)55-51(63)41-21-15-17-23-43(41)75(55,65)66)25-13-9-5-1-3-7-11-19-39-73-74-40-20-12-8-4-2-6-10-14-26-46(58)54-32-34-70-36-38-72-50(62)30-28-48(60)56-52(64)42-22-16-18-24-44(42)76(56,67)68/h15-18,21-24H,1-14,19-20,25-40H2,(H,53,57)(H,54,58). The number of imide groups is 2. The number of hydrogen-bond donors (Lipinski definition) is 2. The zero-order valence-corrected chi connectivity index (χ0v) is 46.6. The van der Waals surface area contributed by atoms with E-state index < -0.39 is 81.3 Å². The molecule has 0 bridgehead atoms. The number of amides is 6. The Morgan fingerprint density at radius 2 is 0.763 bits per heavy atom. The molecule has 422 valence electrons. The van der Waals surface area contributed by atoms with Crippen LogP contribution in [0.4, 0.5) is 0 Å². The first-order valence-corrected chi connectivity index (χ1v) is 31.7. The predicted octanol–water partition coefficient (Wildman–Crippen LogP) is 7.04. The summed E-state index contributed by atoms with van der Waals surface area (Å²) < 4.78 is 71.5. The van der Waals surface area contributed by atoms with Crippen LogP contribution < -0.4 is 10.6 Å². The molecule has 2 aliphatic heterocycles. The fourth-order valence-electron chi connectivity index (χ4n) is 8.10. The Labute approximate surface area is 455 Å². The number of carbonyl (C=O) groups excluding carboxylic acids is 8. The van der Waals surface area contributed by atoms with Crippen molar-refractivity contribution in [3.05, 3.63) is 59.7 Å². The Kier molecular flexibility index (Phi) is 29.7. The SMILES string of the molecule is O=C(CCCCCCCCCCSSCCCCCCCCCCC(=O)NCCOCCOC(=O)CCC(=O)N1C(=O)c2ccccc2S1(=O)=O)NCCOCCOC(=O)CCC(=O)N1C(=O)c2ccccc2S1(=O)=O. The summed E-state index contributed by atoms with van der Waals surface area (Å²) in [6.07, 6.45) is 17.3. The Bertz CT molecular complexity index is 2290. The monoisotopic (exact) mass is 1140 g/mol. The van der Waals surface area contributed by atoms with Crippen molar-refractivity contribution in [1.82, 2.24) is 19.2 Å². The first-order valence-electron chi connectivity index (χ1n) is 26.3. The van der Waals surface area contributed by atoms with Crippen molar-refractivity contribution in [2.24, 2.45) is 0 Å². The van der Waals surface area contributed by atoms with Crippen molar-refractivity contribution in [1.29, 1.82) is 0 Å². The summed E-state index contributed by atoms with van der Waals surface area (Å²) in [5.41, 5.74) is -0.168. The zero-order valence-electron chi connectivity index (χ0n) is 43.3. The topological polar surface area (TPSA) is 272 Å². The Balaban J connectivity index is 0.793. The average molecular weight is 1140 g/mol. The molecule has 0 aliphatic carbocycles. The van der Waals surface area contributed by atoms with Crippen molar-refractivity contribution in [3.8, 4) is 0 Å². The third kappa shape index (κ3) is 22.2. The largest absolute Gasteiger partial charge is 0.463 e. The van der Waals surface area contributed by atoms with Crippen molar-refractivity contribution in [2.75, 3.05) is 64.2 Å². The minimum atomic E-state index is -4.29. The van der Waals surface area contributed by atoms with Crippen LogP contribution in [-0.2, 0) is 67.8 Å². The molecule has 0 radical (unpaired) electrons. The molecule has 0 saturated carbocycles. The lowest BCUT2D eigenvalue weighted by atomic mass is 10.1. The second kappa shape index (κ2) is 35.5. The lowest BCUT2D eigenvalue weighted by molar-refractivity contribution is -0.147. The van der Waals surface area contributed by atoms with E-state index in [0.29, 0.717) is 25.9 Å². The number of hydrogen-bond acceptors (Lipinski definition) is 18. The molecule has 2 aromatic carbocycles. The smallest absolute Gasteiger partial charge is 0.306 e. The third-order valence-electron chi connectivity index (χ3n) is 12.1. The van der Waals surface area contributed by atoms with Gasteiger partial charge in [-0.3, -0.25) is 38.4 Å². The highest BCUT2D eigenvalue weighted by molar-refractivity contribution is 8.76. The van der Waals surface area contributed by atoms with E-state index in [1.807, 2.05) is 21.6 Å². The quantitative estimate of drug-likeness (QED) is 0.0384. The highest BCUT2D eigenvalue weighted by Crippen LogP contribution is 2.32. The van der Waals surface area contributed by atoms with Gasteiger partial charge >= 0.3 is 11.9 Å². The van der Waals surface area contributed by atoms with Crippen LogP contribution in [0.1, 0.15) is 162 Å². The van der Waals surface area contributed by atoms with Crippen LogP contribution in [0.2, 0.25) is 0 Å². The minimum Gasteiger partial charge on any atom is -0.463 e.